The second-order valence-electron chi connectivity index (χ2n) is 7.47. The van der Waals surface area contributed by atoms with Crippen molar-refractivity contribution in [2.75, 3.05) is 20.3 Å². The largest absolute Gasteiger partial charge is 0.624 e. The molecule has 1 aliphatic carbocycles. The van der Waals surface area contributed by atoms with Crippen molar-refractivity contribution in [3.8, 4) is 5.75 Å². The van der Waals surface area contributed by atoms with Gasteiger partial charge in [-0.05, 0) is 41.8 Å². The molecule has 0 N–H and O–H groups in total. The van der Waals surface area contributed by atoms with E-state index in [2.05, 4.69) is 12.1 Å². The monoisotopic (exact) mass is 427 g/mol. The number of rotatable bonds is 7. The highest BCUT2D eigenvalue weighted by Crippen LogP contribution is 2.40. The Kier molecular flexibility index (Phi) is 6.36. The number of hydroxylamine groups is 1. The molecule has 1 aliphatic rings. The molecule has 0 unspecified atom stereocenters. The van der Waals surface area contributed by atoms with Gasteiger partial charge in [0.2, 0.25) is 5.71 Å². The molecule has 0 radical (unpaired) electrons. The lowest BCUT2D eigenvalue weighted by molar-refractivity contribution is -0.421. The zero-order chi connectivity index (χ0) is 22.5. The minimum atomic E-state index is -0.508. The van der Waals surface area contributed by atoms with Gasteiger partial charge in [-0.15, -0.1) is 0 Å². The first-order chi connectivity index (χ1) is 15.6. The Labute approximate surface area is 187 Å². The summed E-state index contributed by atoms with van der Waals surface area (Å²) in [6.07, 6.45) is 0.775. The number of hydrogen-bond donors (Lipinski definition) is 0. The van der Waals surface area contributed by atoms with Crippen LogP contribution >= 0.6 is 0 Å². The van der Waals surface area contributed by atoms with Crippen LogP contribution in [0, 0.1) is 5.21 Å². The smallest absolute Gasteiger partial charge is 0.345 e. The molecule has 4 rings (SSSR count). The van der Waals surface area contributed by atoms with Crippen molar-refractivity contribution in [3.05, 3.63) is 112 Å². The van der Waals surface area contributed by atoms with Gasteiger partial charge in [0.1, 0.15) is 18.4 Å². The normalized spacial score (nSPS) is 14.2. The zero-order valence-electron chi connectivity index (χ0n) is 18.2. The van der Waals surface area contributed by atoms with Crippen LogP contribution in [0.15, 0.2) is 84.4 Å². The van der Waals surface area contributed by atoms with Crippen molar-refractivity contribution in [1.82, 2.24) is 0 Å². The lowest BCUT2D eigenvalue weighted by atomic mass is 9.97. The van der Waals surface area contributed by atoms with Crippen LogP contribution in [-0.2, 0) is 16.0 Å². The van der Waals surface area contributed by atoms with Crippen LogP contribution in [-0.4, -0.2) is 36.7 Å². The molecule has 0 saturated heterocycles. The number of benzene rings is 3. The maximum atomic E-state index is 12.9. The number of fused-ring (bicyclic) bond motifs is 1. The quantitative estimate of drug-likeness (QED) is 0.239. The summed E-state index contributed by atoms with van der Waals surface area (Å²) >= 11 is 0. The number of carbonyl (C=O) groups is 1. The van der Waals surface area contributed by atoms with E-state index in [-0.39, 0.29) is 12.2 Å². The predicted octanol–water partition coefficient (Wildman–Crippen LogP) is 4.62. The molecule has 0 saturated carbocycles. The first-order valence-electron chi connectivity index (χ1n) is 10.7. The van der Waals surface area contributed by atoms with Gasteiger partial charge in [-0.3, -0.25) is 0 Å². The first-order valence-corrected chi connectivity index (χ1v) is 10.7. The van der Waals surface area contributed by atoms with E-state index in [0.29, 0.717) is 29.2 Å². The molecule has 32 heavy (non-hydrogen) atoms. The van der Waals surface area contributed by atoms with Crippen LogP contribution in [0.1, 0.15) is 29.2 Å². The molecule has 5 nitrogen and oxygen atoms in total. The Morgan fingerprint density at radius 3 is 2.28 bits per heavy atom. The highest BCUT2D eigenvalue weighted by molar-refractivity contribution is 6.35. The summed E-state index contributed by atoms with van der Waals surface area (Å²) in [5, 5.41) is 12.6. The van der Waals surface area contributed by atoms with Crippen LogP contribution in [0.3, 0.4) is 0 Å². The molecule has 0 amide bonds. The van der Waals surface area contributed by atoms with E-state index < -0.39 is 5.97 Å². The molecule has 0 atom stereocenters. The standard InChI is InChI=1S/C27H25NO4/c1-3-31-27(29)25-24(20-12-8-5-9-13-20)22-15-14-21(18-23(22)26(25)28(2)30)32-17-16-19-10-6-4-7-11-19/h4-15,18H,3,16-17H2,1-2H3/b28-26+. The lowest BCUT2D eigenvalue weighted by Crippen LogP contribution is -2.21. The highest BCUT2D eigenvalue weighted by Gasteiger charge is 2.39. The first kappa shape index (κ1) is 21.4. The number of carbonyl (C=O) groups excluding carboxylic acids is 1. The van der Waals surface area contributed by atoms with Gasteiger partial charge in [-0.25, -0.2) is 9.53 Å². The molecule has 0 heterocycles. The Morgan fingerprint density at radius 1 is 0.938 bits per heavy atom. The molecule has 162 valence electrons. The third-order valence-electron chi connectivity index (χ3n) is 5.36. The summed E-state index contributed by atoms with van der Waals surface area (Å²) in [6.45, 7) is 2.49. The van der Waals surface area contributed by atoms with Gasteiger partial charge in [0.05, 0.1) is 18.8 Å². The van der Waals surface area contributed by atoms with Crippen molar-refractivity contribution in [2.45, 2.75) is 13.3 Å². The van der Waals surface area contributed by atoms with E-state index in [0.717, 1.165) is 22.3 Å². The van der Waals surface area contributed by atoms with Crippen LogP contribution < -0.4 is 4.74 Å². The zero-order valence-corrected chi connectivity index (χ0v) is 18.2. The van der Waals surface area contributed by atoms with Crippen LogP contribution in [0.4, 0.5) is 0 Å². The predicted molar refractivity (Wildman–Crippen MR) is 125 cm³/mol. The fourth-order valence-corrected chi connectivity index (χ4v) is 3.98. The summed E-state index contributed by atoms with van der Waals surface area (Å²) in [4.78, 5) is 12.9. The van der Waals surface area contributed by atoms with Crippen LogP contribution in [0.2, 0.25) is 0 Å². The van der Waals surface area contributed by atoms with Gasteiger partial charge in [-0.1, -0.05) is 60.7 Å². The second kappa shape index (κ2) is 9.52. The third-order valence-corrected chi connectivity index (χ3v) is 5.36. The summed E-state index contributed by atoms with van der Waals surface area (Å²) < 4.78 is 12.0. The van der Waals surface area contributed by atoms with E-state index in [4.69, 9.17) is 9.47 Å². The maximum absolute atomic E-state index is 12.9. The van der Waals surface area contributed by atoms with Gasteiger partial charge in [0.25, 0.3) is 0 Å². The molecule has 0 fully saturated rings. The topological polar surface area (TPSA) is 61.6 Å². The minimum Gasteiger partial charge on any atom is -0.624 e. The second-order valence-corrected chi connectivity index (χ2v) is 7.47. The fourth-order valence-electron chi connectivity index (χ4n) is 3.98. The fraction of sp³-hybridized carbons (Fsp3) is 0.185. The van der Waals surface area contributed by atoms with Crippen molar-refractivity contribution < 1.29 is 19.0 Å². The Bertz CT molecular complexity index is 1180. The molecule has 0 bridgehead atoms. The van der Waals surface area contributed by atoms with Crippen molar-refractivity contribution >= 4 is 17.3 Å². The Balaban J connectivity index is 1.72. The van der Waals surface area contributed by atoms with Gasteiger partial charge in [-0.2, -0.15) is 0 Å². The summed E-state index contributed by atoms with van der Waals surface area (Å²) in [7, 11) is 1.40. The van der Waals surface area contributed by atoms with Crippen LogP contribution in [0.25, 0.3) is 5.57 Å². The van der Waals surface area contributed by atoms with E-state index in [1.165, 1.54) is 12.6 Å². The van der Waals surface area contributed by atoms with E-state index in [1.54, 1.807) is 6.92 Å². The molecule has 5 heteroatoms. The minimum absolute atomic E-state index is 0.227. The van der Waals surface area contributed by atoms with Gasteiger partial charge in [0, 0.05) is 12.0 Å². The summed E-state index contributed by atoms with van der Waals surface area (Å²) in [5.74, 6) is 0.142. The Hall–Kier alpha value is -3.86. The van der Waals surface area contributed by atoms with Crippen molar-refractivity contribution in [1.29, 1.82) is 0 Å². The number of ether oxygens (including phenoxy) is 2. The van der Waals surface area contributed by atoms with Crippen molar-refractivity contribution in [3.63, 3.8) is 0 Å². The van der Waals surface area contributed by atoms with Gasteiger partial charge in [0.15, 0.2) is 0 Å². The highest BCUT2D eigenvalue weighted by atomic mass is 16.5. The molecule has 3 aromatic rings. The number of hydrogen-bond acceptors (Lipinski definition) is 4. The molecule has 0 aliphatic heterocycles. The van der Waals surface area contributed by atoms with Crippen molar-refractivity contribution in [2.24, 2.45) is 0 Å². The molecule has 3 aromatic carbocycles. The van der Waals surface area contributed by atoms with E-state index in [9.17, 15) is 10.0 Å². The van der Waals surface area contributed by atoms with E-state index in [1.807, 2.05) is 66.7 Å². The molecular formula is C27H25NO4. The third kappa shape index (κ3) is 4.28. The van der Waals surface area contributed by atoms with Gasteiger partial charge >= 0.3 is 5.97 Å². The maximum Gasteiger partial charge on any atom is 0.345 e. The van der Waals surface area contributed by atoms with Crippen LogP contribution in [0.5, 0.6) is 5.75 Å². The average Bonchev–Trinajstić information content (AvgIpc) is 3.15. The number of esters is 1. The Morgan fingerprint density at radius 2 is 1.62 bits per heavy atom. The number of nitrogens with zero attached hydrogens (tertiary/aromatic N) is 1. The van der Waals surface area contributed by atoms with Gasteiger partial charge < -0.3 is 14.7 Å². The summed E-state index contributed by atoms with van der Waals surface area (Å²) in [5.41, 5.74) is 4.81. The molecular weight excluding hydrogens is 402 g/mol. The lowest BCUT2D eigenvalue weighted by Gasteiger charge is -2.10. The molecule has 0 aromatic heterocycles. The van der Waals surface area contributed by atoms with E-state index >= 15 is 0 Å². The summed E-state index contributed by atoms with van der Waals surface area (Å²) in [6, 6.07) is 25.3. The average molecular weight is 428 g/mol. The SMILES string of the molecule is CCOC(=O)C1=C(c2ccccc2)c2ccc(OCCc3ccccc3)cc2/C1=[N+](/C)[O-]. The molecule has 0 spiro atoms.